The number of carbonyl (C=O) groups is 1. The highest BCUT2D eigenvalue weighted by molar-refractivity contribution is 7.15. The molecule has 0 aliphatic carbocycles. The van der Waals surface area contributed by atoms with Gasteiger partial charge in [0, 0.05) is 24.0 Å². The van der Waals surface area contributed by atoms with E-state index in [1.54, 1.807) is 6.20 Å². The molecule has 0 bridgehead atoms. The van der Waals surface area contributed by atoms with Crippen molar-refractivity contribution in [2.24, 2.45) is 0 Å². The summed E-state index contributed by atoms with van der Waals surface area (Å²) in [5.41, 5.74) is 2.44. The van der Waals surface area contributed by atoms with Crippen molar-refractivity contribution in [3.8, 4) is 5.82 Å². The molecule has 0 fully saturated rings. The lowest BCUT2D eigenvalue weighted by atomic mass is 10.2. The van der Waals surface area contributed by atoms with E-state index < -0.39 is 0 Å². The van der Waals surface area contributed by atoms with Crippen molar-refractivity contribution in [3.63, 3.8) is 0 Å². The van der Waals surface area contributed by atoms with Gasteiger partial charge in [-0.2, -0.15) is 0 Å². The Morgan fingerprint density at radius 1 is 1.23 bits per heavy atom. The second kappa shape index (κ2) is 8.23. The molecule has 26 heavy (non-hydrogen) atoms. The summed E-state index contributed by atoms with van der Waals surface area (Å²) in [6.07, 6.45) is 6.12. The van der Waals surface area contributed by atoms with E-state index in [4.69, 9.17) is 0 Å². The summed E-state index contributed by atoms with van der Waals surface area (Å²) < 4.78 is 1.98. The third kappa shape index (κ3) is 3.99. The van der Waals surface area contributed by atoms with Gasteiger partial charge in [-0.05, 0) is 38.5 Å². The summed E-state index contributed by atoms with van der Waals surface area (Å²) in [5.74, 6) is 0.632. The first-order chi connectivity index (χ1) is 12.6. The van der Waals surface area contributed by atoms with Crippen molar-refractivity contribution in [1.82, 2.24) is 19.7 Å². The summed E-state index contributed by atoms with van der Waals surface area (Å²) in [4.78, 5) is 17.1. The monoisotopic (exact) mass is 369 g/mol. The van der Waals surface area contributed by atoms with E-state index in [2.05, 4.69) is 27.4 Å². The molecule has 0 radical (unpaired) electrons. The molecule has 136 valence electrons. The van der Waals surface area contributed by atoms with Gasteiger partial charge < -0.3 is 4.57 Å². The van der Waals surface area contributed by atoms with Crippen LogP contribution in [0.25, 0.3) is 5.82 Å². The van der Waals surface area contributed by atoms with Crippen molar-refractivity contribution in [1.29, 1.82) is 0 Å². The number of aromatic nitrogens is 4. The Labute approximate surface area is 157 Å². The van der Waals surface area contributed by atoms with Crippen LogP contribution < -0.4 is 5.32 Å². The minimum absolute atomic E-state index is 0.170. The molecular weight excluding hydrogens is 346 g/mol. The van der Waals surface area contributed by atoms with E-state index in [0.717, 1.165) is 35.1 Å². The molecule has 0 atom stereocenters. The fraction of sp³-hybridized carbons (Fsp3) is 0.368. The Balaban J connectivity index is 1.75. The fourth-order valence-corrected chi connectivity index (χ4v) is 3.70. The highest BCUT2D eigenvalue weighted by atomic mass is 32.1. The second-order valence-corrected chi connectivity index (χ2v) is 7.28. The lowest BCUT2D eigenvalue weighted by Crippen LogP contribution is -2.13. The van der Waals surface area contributed by atoms with Crippen LogP contribution in [0.15, 0.2) is 30.5 Å². The molecule has 3 rings (SSSR count). The van der Waals surface area contributed by atoms with Crippen LogP contribution in [-0.4, -0.2) is 25.7 Å². The van der Waals surface area contributed by atoms with Crippen LogP contribution in [0.4, 0.5) is 5.13 Å². The standard InChI is InChI=1S/C19H23N5OS/c1-4-5-6-10-17-22-23-19(26-17)21-18(25)15-12-13(2)24(14(15)3)16-9-7-8-11-20-16/h7-9,11-12H,4-6,10H2,1-3H3,(H,21,23,25). The van der Waals surface area contributed by atoms with Crippen LogP contribution in [0.1, 0.15) is 52.9 Å². The number of anilines is 1. The van der Waals surface area contributed by atoms with Crippen LogP contribution in [-0.2, 0) is 6.42 Å². The van der Waals surface area contributed by atoms with Gasteiger partial charge in [0.05, 0.1) is 5.56 Å². The number of rotatable bonds is 7. The maximum absolute atomic E-state index is 12.7. The maximum Gasteiger partial charge on any atom is 0.259 e. The zero-order valence-corrected chi connectivity index (χ0v) is 16.1. The summed E-state index contributed by atoms with van der Waals surface area (Å²) in [6, 6.07) is 7.61. The van der Waals surface area contributed by atoms with E-state index in [1.165, 1.54) is 24.2 Å². The molecule has 1 amide bonds. The number of nitrogens with one attached hydrogen (secondary N) is 1. The number of aryl methyl sites for hydroxylation is 2. The Bertz CT molecular complexity index is 885. The largest absolute Gasteiger partial charge is 0.302 e. The molecule has 0 aliphatic rings. The SMILES string of the molecule is CCCCCc1nnc(NC(=O)c2cc(C)n(-c3ccccn3)c2C)s1. The number of amides is 1. The Kier molecular flexibility index (Phi) is 5.78. The van der Waals surface area contributed by atoms with Gasteiger partial charge in [-0.25, -0.2) is 4.98 Å². The number of carbonyl (C=O) groups excluding carboxylic acids is 1. The average Bonchev–Trinajstić information content (AvgIpc) is 3.20. The second-order valence-electron chi connectivity index (χ2n) is 6.22. The van der Waals surface area contributed by atoms with Crippen LogP contribution in [0, 0.1) is 13.8 Å². The number of hydrogen-bond acceptors (Lipinski definition) is 5. The van der Waals surface area contributed by atoms with Crippen molar-refractivity contribution in [2.75, 3.05) is 5.32 Å². The molecule has 7 heteroatoms. The minimum Gasteiger partial charge on any atom is -0.302 e. The Morgan fingerprint density at radius 3 is 2.81 bits per heavy atom. The molecule has 0 saturated heterocycles. The minimum atomic E-state index is -0.170. The lowest BCUT2D eigenvalue weighted by Gasteiger charge is -2.08. The molecule has 3 heterocycles. The third-order valence-corrected chi connectivity index (χ3v) is 5.13. The number of nitrogens with zero attached hydrogens (tertiary/aromatic N) is 4. The normalized spacial score (nSPS) is 10.9. The van der Waals surface area contributed by atoms with Gasteiger partial charge in [0.15, 0.2) is 0 Å². The molecule has 1 N–H and O–H groups in total. The van der Waals surface area contributed by atoms with Crippen LogP contribution in [0.5, 0.6) is 0 Å². The van der Waals surface area contributed by atoms with Gasteiger partial charge in [-0.1, -0.05) is 37.2 Å². The Morgan fingerprint density at radius 2 is 2.08 bits per heavy atom. The third-order valence-electron chi connectivity index (χ3n) is 4.24. The summed E-state index contributed by atoms with van der Waals surface area (Å²) in [5, 5.41) is 12.6. The van der Waals surface area contributed by atoms with Crippen LogP contribution in [0.3, 0.4) is 0 Å². The zero-order chi connectivity index (χ0) is 18.5. The molecular formula is C19H23N5OS. The smallest absolute Gasteiger partial charge is 0.259 e. The summed E-state index contributed by atoms with van der Waals surface area (Å²) >= 11 is 1.45. The number of pyridine rings is 1. The fourth-order valence-electron chi connectivity index (χ4n) is 2.93. The van der Waals surface area contributed by atoms with Crippen molar-refractivity contribution < 1.29 is 4.79 Å². The van der Waals surface area contributed by atoms with Crippen LogP contribution >= 0.6 is 11.3 Å². The lowest BCUT2D eigenvalue weighted by molar-refractivity contribution is 0.102. The number of hydrogen-bond donors (Lipinski definition) is 1. The quantitative estimate of drug-likeness (QED) is 0.629. The topological polar surface area (TPSA) is 72.7 Å². The van der Waals surface area contributed by atoms with E-state index in [9.17, 15) is 4.79 Å². The van der Waals surface area contributed by atoms with Crippen LogP contribution in [0.2, 0.25) is 0 Å². The van der Waals surface area contributed by atoms with E-state index in [-0.39, 0.29) is 5.91 Å². The molecule has 0 spiro atoms. The molecule has 0 saturated carbocycles. The molecule has 3 aromatic heterocycles. The number of unbranched alkanes of at least 4 members (excludes halogenated alkanes) is 2. The van der Waals surface area contributed by atoms with Gasteiger partial charge in [-0.3, -0.25) is 10.1 Å². The van der Waals surface area contributed by atoms with Crippen molar-refractivity contribution in [2.45, 2.75) is 46.5 Å². The van der Waals surface area contributed by atoms with E-state index in [1.807, 2.05) is 42.7 Å². The Hall–Kier alpha value is -2.54. The molecule has 3 aromatic rings. The first kappa shape index (κ1) is 18.3. The highest BCUT2D eigenvalue weighted by Gasteiger charge is 2.18. The van der Waals surface area contributed by atoms with Crippen molar-refractivity contribution in [3.05, 3.63) is 52.4 Å². The predicted octanol–water partition coefficient (Wildman–Crippen LogP) is 4.33. The molecule has 6 nitrogen and oxygen atoms in total. The highest BCUT2D eigenvalue weighted by Crippen LogP contribution is 2.22. The van der Waals surface area contributed by atoms with Gasteiger partial charge in [0.2, 0.25) is 5.13 Å². The van der Waals surface area contributed by atoms with Crippen molar-refractivity contribution >= 4 is 22.4 Å². The van der Waals surface area contributed by atoms with Gasteiger partial charge in [0.1, 0.15) is 10.8 Å². The maximum atomic E-state index is 12.7. The molecule has 0 aliphatic heterocycles. The van der Waals surface area contributed by atoms with E-state index in [0.29, 0.717) is 10.7 Å². The zero-order valence-electron chi connectivity index (χ0n) is 15.3. The van der Waals surface area contributed by atoms with Gasteiger partial charge >= 0.3 is 0 Å². The van der Waals surface area contributed by atoms with Gasteiger partial charge in [-0.15, -0.1) is 10.2 Å². The molecule has 0 aromatic carbocycles. The summed E-state index contributed by atoms with van der Waals surface area (Å²) in [7, 11) is 0. The van der Waals surface area contributed by atoms with E-state index >= 15 is 0 Å². The average molecular weight is 369 g/mol. The predicted molar refractivity (Wildman–Crippen MR) is 104 cm³/mol. The molecule has 0 unspecified atom stereocenters. The van der Waals surface area contributed by atoms with Gasteiger partial charge in [0.25, 0.3) is 5.91 Å². The summed E-state index contributed by atoms with van der Waals surface area (Å²) in [6.45, 7) is 6.06. The first-order valence-corrected chi connectivity index (χ1v) is 9.66. The first-order valence-electron chi connectivity index (χ1n) is 8.84.